The van der Waals surface area contributed by atoms with E-state index in [9.17, 15) is 9.59 Å². The van der Waals surface area contributed by atoms with Gasteiger partial charge in [0.1, 0.15) is 0 Å². The summed E-state index contributed by atoms with van der Waals surface area (Å²) in [6.07, 6.45) is 3.76. The van der Waals surface area contributed by atoms with E-state index in [0.717, 1.165) is 37.0 Å². The number of amides is 1. The summed E-state index contributed by atoms with van der Waals surface area (Å²) in [7, 11) is 1.64. The molecule has 7 heteroatoms. The van der Waals surface area contributed by atoms with Crippen molar-refractivity contribution in [1.29, 1.82) is 0 Å². The molecule has 0 saturated carbocycles. The van der Waals surface area contributed by atoms with Gasteiger partial charge >= 0.3 is 0 Å². The first-order chi connectivity index (χ1) is 12.6. The maximum Gasteiger partial charge on any atom is 0.257 e. The first-order valence-corrected chi connectivity index (χ1v) is 8.61. The standard InChI is InChI=1S/C19H19N5O2/c1-23-11-8-13(12-16(23)25)19(26)22-17-18(24-9-4-5-10-24)21-15-7-3-2-6-14(15)20-17/h2-3,6-8,11-12H,4-5,9-10H2,1H3,(H,20,22,26). The van der Waals surface area contributed by atoms with Crippen LogP contribution in [-0.4, -0.2) is 33.5 Å². The van der Waals surface area contributed by atoms with Crippen molar-refractivity contribution >= 4 is 28.6 Å². The van der Waals surface area contributed by atoms with E-state index < -0.39 is 0 Å². The number of benzene rings is 1. The molecular formula is C19H19N5O2. The highest BCUT2D eigenvalue weighted by molar-refractivity contribution is 6.05. The van der Waals surface area contributed by atoms with Gasteiger partial charge in [-0.2, -0.15) is 0 Å². The molecule has 0 spiro atoms. The van der Waals surface area contributed by atoms with Crippen LogP contribution in [0.1, 0.15) is 23.2 Å². The molecule has 1 aliphatic heterocycles. The summed E-state index contributed by atoms with van der Waals surface area (Å²) >= 11 is 0. The van der Waals surface area contributed by atoms with Gasteiger partial charge in [-0.05, 0) is 31.0 Å². The van der Waals surface area contributed by atoms with Crippen molar-refractivity contribution in [2.24, 2.45) is 7.05 Å². The molecular weight excluding hydrogens is 330 g/mol. The smallest absolute Gasteiger partial charge is 0.257 e. The van der Waals surface area contributed by atoms with Crippen molar-refractivity contribution in [2.75, 3.05) is 23.3 Å². The fraction of sp³-hybridized carbons (Fsp3) is 0.263. The molecule has 0 aliphatic carbocycles. The summed E-state index contributed by atoms with van der Waals surface area (Å²) in [4.78, 5) is 35.9. The predicted octanol–water partition coefficient (Wildman–Crippen LogP) is 2.18. The van der Waals surface area contributed by atoms with Gasteiger partial charge in [-0.15, -0.1) is 0 Å². The third-order valence-electron chi connectivity index (χ3n) is 4.56. The fourth-order valence-corrected chi connectivity index (χ4v) is 3.09. The number of anilines is 2. The molecule has 26 heavy (non-hydrogen) atoms. The predicted molar refractivity (Wildman–Crippen MR) is 101 cm³/mol. The highest BCUT2D eigenvalue weighted by Crippen LogP contribution is 2.28. The van der Waals surface area contributed by atoms with Gasteiger partial charge in [0, 0.05) is 38.0 Å². The average molecular weight is 349 g/mol. The number of nitrogens with zero attached hydrogens (tertiary/aromatic N) is 4. The van der Waals surface area contributed by atoms with Crippen molar-refractivity contribution in [2.45, 2.75) is 12.8 Å². The molecule has 1 fully saturated rings. The van der Waals surface area contributed by atoms with E-state index in [-0.39, 0.29) is 11.5 Å². The summed E-state index contributed by atoms with van der Waals surface area (Å²) < 4.78 is 1.42. The van der Waals surface area contributed by atoms with E-state index in [0.29, 0.717) is 17.2 Å². The molecule has 7 nitrogen and oxygen atoms in total. The van der Waals surface area contributed by atoms with Gasteiger partial charge in [0.2, 0.25) is 0 Å². The number of pyridine rings is 1. The zero-order valence-corrected chi connectivity index (χ0v) is 14.5. The number of carbonyl (C=O) groups excluding carboxylic acids is 1. The number of aryl methyl sites for hydroxylation is 1. The Balaban J connectivity index is 1.73. The maximum atomic E-state index is 12.6. The average Bonchev–Trinajstić information content (AvgIpc) is 3.18. The van der Waals surface area contributed by atoms with Crippen LogP contribution in [-0.2, 0) is 7.05 Å². The molecule has 1 saturated heterocycles. The van der Waals surface area contributed by atoms with Crippen molar-refractivity contribution in [3.8, 4) is 0 Å². The van der Waals surface area contributed by atoms with Crippen LogP contribution in [0.3, 0.4) is 0 Å². The Bertz CT molecular complexity index is 1040. The first-order valence-electron chi connectivity index (χ1n) is 8.61. The Morgan fingerprint density at radius 2 is 1.77 bits per heavy atom. The minimum absolute atomic E-state index is 0.234. The van der Waals surface area contributed by atoms with E-state index in [1.165, 1.54) is 10.6 Å². The molecule has 0 unspecified atom stereocenters. The minimum Gasteiger partial charge on any atom is -0.354 e. The molecule has 3 heterocycles. The molecule has 0 atom stereocenters. The van der Waals surface area contributed by atoms with Crippen molar-refractivity contribution in [3.63, 3.8) is 0 Å². The first kappa shape index (κ1) is 16.3. The molecule has 1 N–H and O–H groups in total. The highest BCUT2D eigenvalue weighted by Gasteiger charge is 2.21. The summed E-state index contributed by atoms with van der Waals surface area (Å²) in [5.74, 6) is 0.738. The Labute approximate surface area is 150 Å². The molecule has 1 aromatic carbocycles. The lowest BCUT2D eigenvalue weighted by atomic mass is 10.2. The van der Waals surface area contributed by atoms with Crippen molar-refractivity contribution in [1.82, 2.24) is 14.5 Å². The maximum absolute atomic E-state index is 12.6. The third-order valence-corrected chi connectivity index (χ3v) is 4.56. The number of aromatic nitrogens is 3. The lowest BCUT2D eigenvalue weighted by molar-refractivity contribution is 0.102. The Morgan fingerprint density at radius 3 is 2.46 bits per heavy atom. The lowest BCUT2D eigenvalue weighted by Gasteiger charge is -2.20. The van der Waals surface area contributed by atoms with Crippen LogP contribution < -0.4 is 15.8 Å². The van der Waals surface area contributed by atoms with E-state index in [4.69, 9.17) is 4.98 Å². The van der Waals surface area contributed by atoms with Crippen LogP contribution in [0, 0.1) is 0 Å². The van der Waals surface area contributed by atoms with E-state index in [1.54, 1.807) is 19.3 Å². The SMILES string of the molecule is Cn1ccc(C(=O)Nc2nc3ccccc3nc2N2CCCC2)cc1=O. The Morgan fingerprint density at radius 1 is 1.08 bits per heavy atom. The number of fused-ring (bicyclic) bond motifs is 1. The summed E-state index contributed by atoms with van der Waals surface area (Å²) in [6.45, 7) is 1.78. The summed E-state index contributed by atoms with van der Waals surface area (Å²) in [5.41, 5.74) is 1.58. The Kier molecular flexibility index (Phi) is 4.12. The van der Waals surface area contributed by atoms with E-state index in [1.807, 2.05) is 24.3 Å². The zero-order valence-electron chi connectivity index (χ0n) is 14.5. The second-order valence-electron chi connectivity index (χ2n) is 6.40. The van der Waals surface area contributed by atoms with Gasteiger partial charge in [-0.25, -0.2) is 9.97 Å². The van der Waals surface area contributed by atoms with Gasteiger partial charge < -0.3 is 14.8 Å². The molecule has 1 amide bonds. The number of hydrogen-bond donors (Lipinski definition) is 1. The normalized spacial score (nSPS) is 14.0. The Hall–Kier alpha value is -3.22. The molecule has 0 bridgehead atoms. The molecule has 2 aromatic heterocycles. The van der Waals surface area contributed by atoms with Gasteiger partial charge in [0.05, 0.1) is 11.0 Å². The summed E-state index contributed by atoms with van der Waals surface area (Å²) in [5, 5.41) is 2.84. The van der Waals surface area contributed by atoms with E-state index >= 15 is 0 Å². The number of hydrogen-bond acceptors (Lipinski definition) is 5. The van der Waals surface area contributed by atoms with Crippen LogP contribution in [0.25, 0.3) is 11.0 Å². The number of nitrogens with one attached hydrogen (secondary N) is 1. The van der Waals surface area contributed by atoms with Gasteiger partial charge in [0.25, 0.3) is 11.5 Å². The fourth-order valence-electron chi connectivity index (χ4n) is 3.09. The largest absolute Gasteiger partial charge is 0.354 e. The molecule has 4 rings (SSSR count). The van der Waals surface area contributed by atoms with Crippen LogP contribution in [0.2, 0.25) is 0 Å². The lowest BCUT2D eigenvalue weighted by Crippen LogP contribution is -2.24. The van der Waals surface area contributed by atoms with E-state index in [2.05, 4.69) is 15.2 Å². The van der Waals surface area contributed by atoms with Crippen molar-refractivity contribution in [3.05, 3.63) is 58.5 Å². The topological polar surface area (TPSA) is 80.1 Å². The quantitative estimate of drug-likeness (QED) is 0.784. The van der Waals surface area contributed by atoms with Gasteiger partial charge in [-0.3, -0.25) is 9.59 Å². The minimum atomic E-state index is -0.368. The summed E-state index contributed by atoms with van der Waals surface area (Å²) in [6, 6.07) is 10.5. The second-order valence-corrected chi connectivity index (χ2v) is 6.40. The van der Waals surface area contributed by atoms with Crippen LogP contribution >= 0.6 is 0 Å². The zero-order chi connectivity index (χ0) is 18.1. The molecule has 3 aromatic rings. The molecule has 0 radical (unpaired) electrons. The number of carbonyl (C=O) groups is 1. The van der Waals surface area contributed by atoms with Crippen molar-refractivity contribution < 1.29 is 4.79 Å². The highest BCUT2D eigenvalue weighted by atomic mass is 16.2. The number of rotatable bonds is 3. The molecule has 1 aliphatic rings. The van der Waals surface area contributed by atoms with Gasteiger partial charge in [0.15, 0.2) is 11.6 Å². The van der Waals surface area contributed by atoms with Crippen LogP contribution in [0.15, 0.2) is 47.4 Å². The molecule has 132 valence electrons. The monoisotopic (exact) mass is 349 g/mol. The second kappa shape index (κ2) is 6.59. The number of para-hydroxylation sites is 2. The van der Waals surface area contributed by atoms with Crippen LogP contribution in [0.4, 0.5) is 11.6 Å². The van der Waals surface area contributed by atoms with Crippen LogP contribution in [0.5, 0.6) is 0 Å². The third kappa shape index (κ3) is 3.03. The van der Waals surface area contributed by atoms with Gasteiger partial charge in [-0.1, -0.05) is 12.1 Å².